The van der Waals surface area contributed by atoms with Crippen LogP contribution >= 0.6 is 11.3 Å². The van der Waals surface area contributed by atoms with Crippen LogP contribution < -0.4 is 10.6 Å². The van der Waals surface area contributed by atoms with E-state index in [0.29, 0.717) is 0 Å². The molecule has 0 saturated carbocycles. The van der Waals surface area contributed by atoms with Crippen molar-refractivity contribution in [1.82, 2.24) is 5.32 Å². The molecule has 1 aromatic heterocycles. The molecule has 2 rings (SSSR count). The Morgan fingerprint density at radius 2 is 2.64 bits per heavy atom. The van der Waals surface area contributed by atoms with Crippen LogP contribution in [0.5, 0.6) is 0 Å². The van der Waals surface area contributed by atoms with E-state index in [-0.39, 0.29) is 0 Å². The number of anilines is 1. The van der Waals surface area contributed by atoms with E-state index in [1.54, 1.807) is 11.3 Å². The summed E-state index contributed by atoms with van der Waals surface area (Å²) >= 11 is 1.68. The fourth-order valence-electron chi connectivity index (χ4n) is 0.954. The number of rotatable bonds is 1. The lowest BCUT2D eigenvalue weighted by atomic mass is 10.5. The minimum absolute atomic E-state index is 0.881. The molecule has 0 spiro atoms. The first-order valence-corrected chi connectivity index (χ1v) is 4.47. The Morgan fingerprint density at radius 3 is 3.27 bits per heavy atom. The molecule has 2 heterocycles. The Kier molecular flexibility index (Phi) is 1.77. The van der Waals surface area contributed by atoms with Crippen LogP contribution in [0, 0.1) is 0 Å². The molecular formula is C7H9N3S. The number of thiophene rings is 1. The van der Waals surface area contributed by atoms with Gasteiger partial charge in [0.25, 0.3) is 0 Å². The molecule has 1 aliphatic heterocycles. The number of aliphatic imine (C=N–C) groups is 1. The predicted molar refractivity (Wildman–Crippen MR) is 48.2 cm³/mol. The third-order valence-electron chi connectivity index (χ3n) is 1.46. The van der Waals surface area contributed by atoms with Crippen molar-refractivity contribution in [1.29, 1.82) is 0 Å². The number of nitrogens with zero attached hydrogens (tertiary/aromatic N) is 1. The Labute approximate surface area is 69.2 Å². The second-order valence-electron chi connectivity index (χ2n) is 2.29. The van der Waals surface area contributed by atoms with Gasteiger partial charge >= 0.3 is 0 Å². The van der Waals surface area contributed by atoms with Crippen LogP contribution in [0.2, 0.25) is 0 Å². The second kappa shape index (κ2) is 2.92. The highest BCUT2D eigenvalue weighted by atomic mass is 32.1. The maximum atomic E-state index is 4.21. The van der Waals surface area contributed by atoms with Gasteiger partial charge in [-0.2, -0.15) is 11.3 Å². The van der Waals surface area contributed by atoms with Gasteiger partial charge in [0.1, 0.15) is 0 Å². The molecule has 2 N–H and O–H groups in total. The lowest BCUT2D eigenvalue weighted by Crippen LogP contribution is -2.25. The lowest BCUT2D eigenvalue weighted by Gasteiger charge is -2.01. The van der Waals surface area contributed by atoms with Crippen LogP contribution in [0.1, 0.15) is 0 Å². The van der Waals surface area contributed by atoms with Gasteiger partial charge in [0, 0.05) is 11.9 Å². The van der Waals surface area contributed by atoms with E-state index in [1.165, 1.54) is 0 Å². The van der Waals surface area contributed by atoms with E-state index in [1.807, 2.05) is 11.4 Å². The van der Waals surface area contributed by atoms with Crippen molar-refractivity contribution >= 4 is 23.0 Å². The highest BCUT2D eigenvalue weighted by Crippen LogP contribution is 2.11. The average Bonchev–Trinajstić information content (AvgIpc) is 2.60. The Morgan fingerprint density at radius 1 is 1.64 bits per heavy atom. The van der Waals surface area contributed by atoms with E-state index in [9.17, 15) is 0 Å². The highest BCUT2D eigenvalue weighted by Gasteiger charge is 2.03. The minimum atomic E-state index is 0.881. The quantitative estimate of drug-likeness (QED) is 0.657. The van der Waals surface area contributed by atoms with Gasteiger partial charge in [-0.1, -0.05) is 0 Å². The van der Waals surface area contributed by atoms with Crippen molar-refractivity contribution in [3.05, 3.63) is 16.8 Å². The normalized spacial score (nSPS) is 15.8. The first-order chi connectivity index (χ1) is 5.45. The maximum Gasteiger partial charge on any atom is 0.195 e. The first-order valence-electron chi connectivity index (χ1n) is 3.53. The standard InChI is InChI=1S/C7H9N3S/c1-4-11-5-6(1)10-7-8-2-3-9-7/h1,4-5H,2-3H2,(H2,8,9,10). The van der Waals surface area contributed by atoms with Gasteiger partial charge in [-0.15, -0.1) is 0 Å². The minimum Gasteiger partial charge on any atom is -0.354 e. The molecule has 0 atom stereocenters. The maximum absolute atomic E-state index is 4.21. The topological polar surface area (TPSA) is 36.4 Å². The molecule has 0 saturated heterocycles. The van der Waals surface area contributed by atoms with Crippen LogP contribution in [-0.2, 0) is 0 Å². The molecule has 0 aliphatic carbocycles. The SMILES string of the molecule is c1cc(NC2=NCCN2)cs1. The number of hydrogen-bond donors (Lipinski definition) is 2. The molecule has 0 fully saturated rings. The molecule has 58 valence electrons. The molecule has 1 aliphatic rings. The monoisotopic (exact) mass is 167 g/mol. The lowest BCUT2D eigenvalue weighted by molar-refractivity contribution is 0.959. The van der Waals surface area contributed by atoms with Crippen molar-refractivity contribution in [2.24, 2.45) is 4.99 Å². The van der Waals surface area contributed by atoms with Gasteiger partial charge in [-0.05, 0) is 11.4 Å². The van der Waals surface area contributed by atoms with Crippen molar-refractivity contribution in [2.75, 3.05) is 18.4 Å². The zero-order valence-corrected chi connectivity index (χ0v) is 6.82. The third-order valence-corrected chi connectivity index (χ3v) is 2.14. The Balaban J connectivity index is 2.00. The summed E-state index contributed by atoms with van der Waals surface area (Å²) < 4.78 is 0. The fourth-order valence-corrected chi connectivity index (χ4v) is 1.54. The molecule has 0 radical (unpaired) electrons. The van der Waals surface area contributed by atoms with Crippen LogP contribution in [-0.4, -0.2) is 19.0 Å². The predicted octanol–water partition coefficient (Wildman–Crippen LogP) is 1.12. The van der Waals surface area contributed by atoms with E-state index in [4.69, 9.17) is 0 Å². The fraction of sp³-hybridized carbons (Fsp3) is 0.286. The summed E-state index contributed by atoms with van der Waals surface area (Å²) in [6.45, 7) is 1.83. The number of nitrogens with one attached hydrogen (secondary N) is 2. The van der Waals surface area contributed by atoms with Crippen LogP contribution in [0.25, 0.3) is 0 Å². The van der Waals surface area contributed by atoms with Crippen molar-refractivity contribution in [3.63, 3.8) is 0 Å². The smallest absolute Gasteiger partial charge is 0.195 e. The van der Waals surface area contributed by atoms with Gasteiger partial charge in [0.2, 0.25) is 0 Å². The van der Waals surface area contributed by atoms with Crippen LogP contribution in [0.15, 0.2) is 21.8 Å². The number of guanidine groups is 1. The molecule has 1 aromatic rings. The molecule has 0 aromatic carbocycles. The summed E-state index contributed by atoms with van der Waals surface area (Å²) in [5.74, 6) is 0.892. The van der Waals surface area contributed by atoms with Gasteiger partial charge in [-0.3, -0.25) is 4.99 Å². The zero-order chi connectivity index (χ0) is 7.52. The Bertz CT molecular complexity index is 253. The molecule has 0 unspecified atom stereocenters. The average molecular weight is 167 g/mol. The van der Waals surface area contributed by atoms with Crippen LogP contribution in [0.4, 0.5) is 5.69 Å². The highest BCUT2D eigenvalue weighted by molar-refractivity contribution is 7.08. The molecule has 0 amide bonds. The van der Waals surface area contributed by atoms with E-state index >= 15 is 0 Å². The van der Waals surface area contributed by atoms with Gasteiger partial charge in [0.15, 0.2) is 5.96 Å². The molecule has 11 heavy (non-hydrogen) atoms. The van der Waals surface area contributed by atoms with E-state index in [0.717, 1.165) is 24.7 Å². The second-order valence-corrected chi connectivity index (χ2v) is 3.07. The van der Waals surface area contributed by atoms with E-state index < -0.39 is 0 Å². The third kappa shape index (κ3) is 1.51. The van der Waals surface area contributed by atoms with Crippen molar-refractivity contribution in [2.45, 2.75) is 0 Å². The largest absolute Gasteiger partial charge is 0.354 e. The Hall–Kier alpha value is -1.03. The van der Waals surface area contributed by atoms with E-state index in [2.05, 4.69) is 21.0 Å². The zero-order valence-electron chi connectivity index (χ0n) is 6.00. The van der Waals surface area contributed by atoms with Crippen molar-refractivity contribution < 1.29 is 0 Å². The molecule has 4 heteroatoms. The summed E-state index contributed by atoms with van der Waals surface area (Å²) in [4.78, 5) is 4.21. The van der Waals surface area contributed by atoms with Crippen molar-refractivity contribution in [3.8, 4) is 0 Å². The molecular weight excluding hydrogens is 158 g/mol. The molecule has 0 bridgehead atoms. The summed E-state index contributed by atoms with van der Waals surface area (Å²) in [7, 11) is 0. The first kappa shape index (κ1) is 6.67. The summed E-state index contributed by atoms with van der Waals surface area (Å²) in [5.41, 5.74) is 1.11. The molecule has 3 nitrogen and oxygen atoms in total. The van der Waals surface area contributed by atoms with Gasteiger partial charge < -0.3 is 10.6 Å². The van der Waals surface area contributed by atoms with Gasteiger partial charge in [-0.25, -0.2) is 0 Å². The summed E-state index contributed by atoms with van der Waals surface area (Å²) in [6, 6.07) is 2.03. The van der Waals surface area contributed by atoms with Crippen LogP contribution in [0.3, 0.4) is 0 Å². The summed E-state index contributed by atoms with van der Waals surface area (Å²) in [5, 5.41) is 10.4. The summed E-state index contributed by atoms with van der Waals surface area (Å²) in [6.07, 6.45) is 0. The number of hydrogen-bond acceptors (Lipinski definition) is 4. The van der Waals surface area contributed by atoms with Gasteiger partial charge in [0.05, 0.1) is 12.2 Å².